The topological polar surface area (TPSA) is 110 Å². The first kappa shape index (κ1) is 20.0. The second-order valence-electron chi connectivity index (χ2n) is 6.22. The van der Waals surface area contributed by atoms with E-state index in [9.17, 15) is 22.4 Å². The summed E-state index contributed by atoms with van der Waals surface area (Å²) in [7, 11) is -3.57. The Balaban J connectivity index is 2.10. The summed E-state index contributed by atoms with van der Waals surface area (Å²) in [6.07, 6.45) is 2.75. The van der Waals surface area contributed by atoms with Gasteiger partial charge in [-0.3, -0.25) is 24.6 Å². The van der Waals surface area contributed by atoms with Gasteiger partial charge in [0.2, 0.25) is 0 Å². The van der Waals surface area contributed by atoms with Crippen LogP contribution in [0.4, 0.5) is 4.39 Å². The summed E-state index contributed by atoms with van der Waals surface area (Å²) < 4.78 is 38.5. The van der Waals surface area contributed by atoms with Crippen LogP contribution in [0.15, 0.2) is 34.1 Å². The molecule has 3 rings (SSSR count). The van der Waals surface area contributed by atoms with Crippen LogP contribution in [-0.4, -0.2) is 43.0 Å². The predicted octanol–water partition coefficient (Wildman–Crippen LogP) is 1.35. The highest BCUT2D eigenvalue weighted by atomic mass is 32.2. The highest BCUT2D eigenvalue weighted by Gasteiger charge is 2.29. The number of benzene rings is 1. The van der Waals surface area contributed by atoms with Crippen molar-refractivity contribution in [2.75, 3.05) is 19.0 Å². The molecule has 0 atom stereocenters. The summed E-state index contributed by atoms with van der Waals surface area (Å²) in [6, 6.07) is 2.75. The smallest absolute Gasteiger partial charge is 0.277 e. The van der Waals surface area contributed by atoms with Gasteiger partial charge in [0.15, 0.2) is 15.6 Å². The predicted molar refractivity (Wildman–Crippen MR) is 100 cm³/mol. The molecular formula is C18H20FN3O5S. The molecule has 150 valence electrons. The minimum atomic E-state index is -3.57. The molecule has 0 spiro atoms. The van der Waals surface area contributed by atoms with E-state index in [0.717, 1.165) is 0 Å². The number of nitrogens with zero attached hydrogens (tertiary/aromatic N) is 1. The molecule has 0 amide bonds. The Labute approximate surface area is 160 Å². The summed E-state index contributed by atoms with van der Waals surface area (Å²) in [6.45, 7) is 2.83. The number of sulfone groups is 1. The second kappa shape index (κ2) is 7.72. The van der Waals surface area contributed by atoms with Crippen molar-refractivity contribution >= 4 is 21.3 Å². The summed E-state index contributed by atoms with van der Waals surface area (Å²) in [4.78, 5) is 30.3. The molecule has 1 aliphatic rings. The van der Waals surface area contributed by atoms with Crippen molar-refractivity contribution in [3.05, 3.63) is 57.0 Å². The largest absolute Gasteiger partial charge is 0.302 e. The number of hydroxylamine groups is 1. The van der Waals surface area contributed by atoms with Crippen LogP contribution in [0, 0.1) is 6.92 Å². The Morgan fingerprint density at radius 2 is 2.11 bits per heavy atom. The molecule has 0 saturated carbocycles. The lowest BCUT2D eigenvalue weighted by atomic mass is 9.95. The van der Waals surface area contributed by atoms with Crippen molar-refractivity contribution in [1.29, 1.82) is 0 Å². The molecule has 0 unspecified atom stereocenters. The molecule has 0 fully saturated rings. The molecule has 28 heavy (non-hydrogen) atoms. The maximum atomic E-state index is 12.9. The summed E-state index contributed by atoms with van der Waals surface area (Å²) in [5.41, 5.74) is 3.29. The number of alkyl halides is 1. The third kappa shape index (κ3) is 3.40. The van der Waals surface area contributed by atoms with Gasteiger partial charge in [-0.2, -0.15) is 0 Å². The van der Waals surface area contributed by atoms with Gasteiger partial charge in [0, 0.05) is 23.9 Å². The van der Waals surface area contributed by atoms with Gasteiger partial charge >= 0.3 is 0 Å². The van der Waals surface area contributed by atoms with Crippen LogP contribution >= 0.6 is 0 Å². The minimum Gasteiger partial charge on any atom is -0.302 e. The van der Waals surface area contributed by atoms with E-state index in [1.54, 1.807) is 13.8 Å². The number of nitrogens with one attached hydrogen (secondary N) is 2. The molecule has 1 aromatic carbocycles. The SMILES string of the molecule is CCn1[nH]cc(C(=O)c2ccc3c(c2C)C(NOCCF)=CCS3(=O)=O)c1=O. The number of carbonyl (C=O) groups is 1. The van der Waals surface area contributed by atoms with Gasteiger partial charge in [0.25, 0.3) is 5.56 Å². The molecule has 8 nitrogen and oxygen atoms in total. The zero-order valence-electron chi connectivity index (χ0n) is 15.4. The molecule has 0 radical (unpaired) electrons. The molecule has 2 heterocycles. The third-order valence-corrected chi connectivity index (χ3v) is 6.16. The minimum absolute atomic E-state index is 0.0317. The van der Waals surface area contributed by atoms with Gasteiger partial charge in [-0.1, -0.05) is 0 Å². The number of fused-ring (bicyclic) bond motifs is 1. The summed E-state index contributed by atoms with van der Waals surface area (Å²) >= 11 is 0. The van der Waals surface area contributed by atoms with Gasteiger partial charge < -0.3 is 5.10 Å². The Kier molecular flexibility index (Phi) is 5.52. The lowest BCUT2D eigenvalue weighted by Crippen LogP contribution is -2.25. The molecule has 1 aliphatic heterocycles. The number of halogens is 1. The Morgan fingerprint density at radius 3 is 2.75 bits per heavy atom. The molecular weight excluding hydrogens is 389 g/mol. The fraction of sp³-hybridized carbons (Fsp3) is 0.333. The highest BCUT2D eigenvalue weighted by molar-refractivity contribution is 7.91. The van der Waals surface area contributed by atoms with Crippen LogP contribution in [0.1, 0.15) is 34.0 Å². The monoisotopic (exact) mass is 409 g/mol. The average molecular weight is 409 g/mol. The molecule has 1 aromatic heterocycles. The van der Waals surface area contributed by atoms with Crippen molar-refractivity contribution in [1.82, 2.24) is 15.3 Å². The first-order chi connectivity index (χ1) is 13.3. The maximum Gasteiger partial charge on any atom is 0.277 e. The number of aromatic amines is 1. The number of ketones is 1. The van der Waals surface area contributed by atoms with E-state index in [0.29, 0.717) is 17.8 Å². The third-order valence-electron chi connectivity index (χ3n) is 4.55. The van der Waals surface area contributed by atoms with E-state index < -0.39 is 27.9 Å². The number of aryl methyl sites for hydroxylation is 1. The molecule has 0 bridgehead atoms. The quantitative estimate of drug-likeness (QED) is 0.406. The van der Waals surface area contributed by atoms with Gasteiger partial charge in [-0.25, -0.2) is 12.8 Å². The maximum absolute atomic E-state index is 12.9. The number of H-pyrrole nitrogens is 1. The lowest BCUT2D eigenvalue weighted by Gasteiger charge is -2.22. The van der Waals surface area contributed by atoms with Crippen LogP contribution in [0.25, 0.3) is 5.70 Å². The van der Waals surface area contributed by atoms with E-state index in [-0.39, 0.29) is 33.9 Å². The number of aromatic nitrogens is 2. The number of carbonyl (C=O) groups excluding carboxylic acids is 1. The fourth-order valence-corrected chi connectivity index (χ4v) is 4.54. The normalized spacial score (nSPS) is 15.0. The molecule has 2 aromatic rings. The van der Waals surface area contributed by atoms with E-state index >= 15 is 0 Å². The van der Waals surface area contributed by atoms with Crippen molar-refractivity contribution in [3.63, 3.8) is 0 Å². The first-order valence-electron chi connectivity index (χ1n) is 8.65. The van der Waals surface area contributed by atoms with E-state index in [2.05, 4.69) is 10.6 Å². The van der Waals surface area contributed by atoms with Crippen molar-refractivity contribution in [2.45, 2.75) is 25.3 Å². The zero-order valence-corrected chi connectivity index (χ0v) is 16.2. The number of hydrogen-bond acceptors (Lipinski definition) is 6. The van der Waals surface area contributed by atoms with Crippen LogP contribution in [0.5, 0.6) is 0 Å². The van der Waals surface area contributed by atoms with E-state index in [1.807, 2.05) is 0 Å². The average Bonchev–Trinajstić information content (AvgIpc) is 3.04. The summed E-state index contributed by atoms with van der Waals surface area (Å²) in [5, 5.41) is 2.72. The number of hydrogen-bond donors (Lipinski definition) is 2. The van der Waals surface area contributed by atoms with Crippen molar-refractivity contribution < 1.29 is 22.4 Å². The van der Waals surface area contributed by atoms with E-state index in [4.69, 9.17) is 4.84 Å². The molecule has 0 aliphatic carbocycles. The van der Waals surface area contributed by atoms with Gasteiger partial charge in [-0.05, 0) is 37.6 Å². The van der Waals surface area contributed by atoms with Gasteiger partial charge in [-0.15, -0.1) is 0 Å². The molecule has 0 saturated heterocycles. The second-order valence-corrected chi connectivity index (χ2v) is 8.22. The molecule has 2 N–H and O–H groups in total. The Hall–Kier alpha value is -2.72. The fourth-order valence-electron chi connectivity index (χ4n) is 3.12. The van der Waals surface area contributed by atoms with Gasteiger partial charge in [0.1, 0.15) is 18.8 Å². The van der Waals surface area contributed by atoms with Gasteiger partial charge in [0.05, 0.1) is 16.3 Å². The van der Waals surface area contributed by atoms with Crippen LogP contribution < -0.4 is 11.0 Å². The Morgan fingerprint density at radius 1 is 1.36 bits per heavy atom. The first-order valence-corrected chi connectivity index (χ1v) is 10.3. The van der Waals surface area contributed by atoms with Crippen LogP contribution in [0.3, 0.4) is 0 Å². The Bertz CT molecular complexity index is 1110. The van der Waals surface area contributed by atoms with E-state index in [1.165, 1.54) is 29.1 Å². The van der Waals surface area contributed by atoms with Crippen molar-refractivity contribution in [2.24, 2.45) is 0 Å². The zero-order chi connectivity index (χ0) is 20.5. The van der Waals surface area contributed by atoms with Crippen molar-refractivity contribution in [3.8, 4) is 0 Å². The van der Waals surface area contributed by atoms with Crippen LogP contribution in [0.2, 0.25) is 0 Å². The number of rotatable bonds is 7. The van der Waals surface area contributed by atoms with Crippen LogP contribution in [-0.2, 0) is 21.2 Å². The standard InChI is InChI=1S/C18H20FN3O5S/c1-3-22-18(24)13(10-20-22)17(23)12-4-5-15-16(11(12)2)14(21-27-8-7-19)6-9-28(15,25)26/h4-6,10,20-21H,3,7-9H2,1-2H3. The summed E-state index contributed by atoms with van der Waals surface area (Å²) in [5.74, 6) is -0.756. The lowest BCUT2D eigenvalue weighted by molar-refractivity contribution is 0.0670. The highest BCUT2D eigenvalue weighted by Crippen LogP contribution is 2.33. The molecule has 10 heteroatoms.